The van der Waals surface area contributed by atoms with Crippen molar-refractivity contribution in [1.82, 2.24) is 4.57 Å². The molecule has 0 radical (unpaired) electrons. The highest BCUT2D eigenvalue weighted by Crippen LogP contribution is 2.41. The lowest BCUT2D eigenvalue weighted by Crippen LogP contribution is -1.97. The highest BCUT2D eigenvalue weighted by Gasteiger charge is 2.18. The summed E-state index contributed by atoms with van der Waals surface area (Å²) in [6.45, 7) is 0. The fourth-order valence-electron chi connectivity index (χ4n) is 7.62. The first-order valence-electron chi connectivity index (χ1n) is 17.1. The molecule has 0 fully saturated rings. The van der Waals surface area contributed by atoms with Gasteiger partial charge in [-0.1, -0.05) is 152 Å². The van der Waals surface area contributed by atoms with E-state index in [1.165, 1.54) is 49.6 Å². The highest BCUT2D eigenvalue weighted by molar-refractivity contribution is 6.12. The van der Waals surface area contributed by atoms with Crippen molar-refractivity contribution in [2.45, 2.75) is 0 Å². The first-order chi connectivity index (χ1) is 24.8. The molecule has 0 aliphatic carbocycles. The Morgan fingerprint density at radius 2 is 0.820 bits per heavy atom. The van der Waals surface area contributed by atoms with Crippen LogP contribution in [0.25, 0.3) is 93.9 Å². The number of hydrogen-bond donors (Lipinski definition) is 0. The minimum Gasteiger partial charge on any atom is -0.455 e. The molecule has 0 saturated carbocycles. The van der Waals surface area contributed by atoms with Gasteiger partial charge in [0, 0.05) is 32.7 Å². The van der Waals surface area contributed by atoms with Crippen LogP contribution in [-0.2, 0) is 0 Å². The normalized spacial score (nSPS) is 11.6. The summed E-state index contributed by atoms with van der Waals surface area (Å²) in [6.07, 6.45) is 0. The van der Waals surface area contributed by atoms with Crippen molar-refractivity contribution in [3.05, 3.63) is 188 Å². The number of aromatic nitrogens is 1. The topological polar surface area (TPSA) is 18.1 Å². The molecular weight excluding hydrogens is 607 g/mol. The number of furan rings is 1. The Hall–Kier alpha value is -6.64. The van der Waals surface area contributed by atoms with Gasteiger partial charge in [-0.25, -0.2) is 0 Å². The molecule has 0 bridgehead atoms. The maximum Gasteiger partial charge on any atom is 0.143 e. The minimum absolute atomic E-state index is 0.915. The summed E-state index contributed by atoms with van der Waals surface area (Å²) >= 11 is 0. The smallest absolute Gasteiger partial charge is 0.143 e. The van der Waals surface area contributed by atoms with E-state index in [4.69, 9.17) is 4.42 Å². The highest BCUT2D eigenvalue weighted by atomic mass is 16.3. The molecule has 234 valence electrons. The van der Waals surface area contributed by atoms with E-state index in [2.05, 4.69) is 180 Å². The molecule has 0 saturated heterocycles. The molecule has 8 aromatic carbocycles. The van der Waals surface area contributed by atoms with Gasteiger partial charge in [0.25, 0.3) is 0 Å². The first kappa shape index (κ1) is 28.4. The second-order valence-electron chi connectivity index (χ2n) is 12.9. The Balaban J connectivity index is 1.14. The molecule has 2 nitrogen and oxygen atoms in total. The van der Waals surface area contributed by atoms with Gasteiger partial charge in [0.15, 0.2) is 0 Å². The minimum atomic E-state index is 0.915. The maximum absolute atomic E-state index is 6.37. The second kappa shape index (κ2) is 11.5. The zero-order valence-corrected chi connectivity index (χ0v) is 27.3. The van der Waals surface area contributed by atoms with Gasteiger partial charge in [-0.3, -0.25) is 0 Å². The molecule has 0 amide bonds. The number of fused-ring (bicyclic) bond motifs is 6. The molecule has 2 heteroatoms. The molecule has 2 heterocycles. The number of para-hydroxylation sites is 3. The van der Waals surface area contributed by atoms with Crippen LogP contribution >= 0.6 is 0 Å². The van der Waals surface area contributed by atoms with E-state index in [0.29, 0.717) is 0 Å². The van der Waals surface area contributed by atoms with Gasteiger partial charge in [-0.15, -0.1) is 0 Å². The van der Waals surface area contributed by atoms with E-state index in [1.54, 1.807) is 0 Å². The van der Waals surface area contributed by atoms with Gasteiger partial charge in [0.2, 0.25) is 0 Å². The van der Waals surface area contributed by atoms with Gasteiger partial charge in [0.1, 0.15) is 11.2 Å². The fourth-order valence-corrected chi connectivity index (χ4v) is 7.62. The molecular formula is C48H31NO. The molecule has 2 aromatic heterocycles. The van der Waals surface area contributed by atoms with E-state index in [1.807, 2.05) is 12.1 Å². The average molecular weight is 638 g/mol. The van der Waals surface area contributed by atoms with Crippen molar-refractivity contribution in [2.24, 2.45) is 0 Å². The lowest BCUT2D eigenvalue weighted by Gasteiger charge is -2.15. The lowest BCUT2D eigenvalue weighted by atomic mass is 9.98. The predicted octanol–water partition coefficient (Wildman–Crippen LogP) is 13.4. The zero-order valence-electron chi connectivity index (χ0n) is 27.3. The summed E-state index contributed by atoms with van der Waals surface area (Å²) in [7, 11) is 0. The Bertz CT molecular complexity index is 2740. The number of rotatable bonds is 5. The first-order valence-corrected chi connectivity index (χ1v) is 17.1. The van der Waals surface area contributed by atoms with Crippen LogP contribution in [0.5, 0.6) is 0 Å². The number of hydrogen-bond acceptors (Lipinski definition) is 1. The number of benzene rings is 8. The molecule has 0 unspecified atom stereocenters. The molecule has 0 aliphatic rings. The fraction of sp³-hybridized carbons (Fsp3) is 0. The van der Waals surface area contributed by atoms with Crippen molar-refractivity contribution in [2.75, 3.05) is 0 Å². The summed E-state index contributed by atoms with van der Waals surface area (Å²) in [5.74, 6) is 0. The maximum atomic E-state index is 6.37. The van der Waals surface area contributed by atoms with Crippen LogP contribution in [-0.4, -0.2) is 4.57 Å². The van der Waals surface area contributed by atoms with Crippen molar-refractivity contribution in [3.8, 4) is 50.2 Å². The van der Waals surface area contributed by atoms with Gasteiger partial charge < -0.3 is 8.98 Å². The summed E-state index contributed by atoms with van der Waals surface area (Å²) in [6, 6.07) is 67.5. The van der Waals surface area contributed by atoms with Crippen LogP contribution < -0.4 is 0 Å². The average Bonchev–Trinajstić information content (AvgIpc) is 3.74. The van der Waals surface area contributed by atoms with Crippen molar-refractivity contribution in [3.63, 3.8) is 0 Å². The Labute approximate surface area is 290 Å². The van der Waals surface area contributed by atoms with Gasteiger partial charge in [-0.2, -0.15) is 0 Å². The monoisotopic (exact) mass is 637 g/mol. The van der Waals surface area contributed by atoms with Crippen LogP contribution in [0.15, 0.2) is 192 Å². The van der Waals surface area contributed by atoms with Crippen LogP contribution in [0.3, 0.4) is 0 Å². The molecule has 0 spiro atoms. The van der Waals surface area contributed by atoms with Crippen molar-refractivity contribution in [1.29, 1.82) is 0 Å². The second-order valence-corrected chi connectivity index (χ2v) is 12.9. The van der Waals surface area contributed by atoms with Crippen molar-refractivity contribution >= 4 is 43.7 Å². The Morgan fingerprint density at radius 1 is 0.320 bits per heavy atom. The van der Waals surface area contributed by atoms with Gasteiger partial charge >= 0.3 is 0 Å². The van der Waals surface area contributed by atoms with E-state index in [0.717, 1.165) is 44.3 Å². The zero-order chi connectivity index (χ0) is 33.0. The molecule has 0 atom stereocenters. The lowest BCUT2D eigenvalue weighted by molar-refractivity contribution is 0.670. The van der Waals surface area contributed by atoms with Gasteiger partial charge in [0.05, 0.1) is 16.7 Å². The Morgan fingerprint density at radius 3 is 1.48 bits per heavy atom. The third-order valence-electron chi connectivity index (χ3n) is 10.0. The van der Waals surface area contributed by atoms with E-state index in [-0.39, 0.29) is 0 Å². The summed E-state index contributed by atoms with van der Waals surface area (Å²) in [5, 5.41) is 4.77. The standard InChI is InChI=1S/C48H31NO/c1-3-12-32(13-4-1)36-26-28-45-42(30-36)43-31-37(33-14-5-2-6-15-33)27-29-46(43)49(45)44-20-9-7-16-38(44)34-22-24-35(25-23-34)39-18-11-19-41-40-17-8-10-21-47(40)50-48(39)41/h1-31H. The third-order valence-corrected chi connectivity index (χ3v) is 10.0. The Kier molecular flexibility index (Phi) is 6.53. The quantitative estimate of drug-likeness (QED) is 0.184. The SMILES string of the molecule is c1ccc(-c2ccc3c(c2)c2cc(-c4ccccc4)ccc2n3-c2ccccc2-c2ccc(-c3cccc4c3oc3ccccc34)cc2)cc1. The van der Waals surface area contributed by atoms with E-state index < -0.39 is 0 Å². The molecule has 10 aromatic rings. The van der Waals surface area contributed by atoms with E-state index in [9.17, 15) is 0 Å². The molecule has 0 aliphatic heterocycles. The van der Waals surface area contributed by atoms with Crippen LogP contribution in [0, 0.1) is 0 Å². The molecule has 50 heavy (non-hydrogen) atoms. The number of nitrogens with zero attached hydrogens (tertiary/aromatic N) is 1. The van der Waals surface area contributed by atoms with Crippen LogP contribution in [0.4, 0.5) is 0 Å². The summed E-state index contributed by atoms with van der Waals surface area (Å²) in [4.78, 5) is 0. The molecule has 10 rings (SSSR count). The molecule has 0 N–H and O–H groups in total. The van der Waals surface area contributed by atoms with Crippen molar-refractivity contribution < 1.29 is 4.42 Å². The van der Waals surface area contributed by atoms with E-state index >= 15 is 0 Å². The predicted molar refractivity (Wildman–Crippen MR) is 210 cm³/mol. The third kappa shape index (κ3) is 4.57. The summed E-state index contributed by atoms with van der Waals surface area (Å²) in [5.41, 5.74) is 14.8. The van der Waals surface area contributed by atoms with Gasteiger partial charge in [-0.05, 0) is 69.8 Å². The largest absolute Gasteiger partial charge is 0.455 e. The van der Waals surface area contributed by atoms with Crippen LogP contribution in [0.2, 0.25) is 0 Å². The van der Waals surface area contributed by atoms with Crippen LogP contribution in [0.1, 0.15) is 0 Å². The summed E-state index contributed by atoms with van der Waals surface area (Å²) < 4.78 is 8.81.